The quantitative estimate of drug-likeness (QED) is 0.423. The maximum Gasteiger partial charge on any atom is 0.346 e. The second-order valence-electron chi connectivity index (χ2n) is 8.03. The Hall–Kier alpha value is -3.82. The fourth-order valence-corrected chi connectivity index (χ4v) is 3.82. The molecule has 3 aromatic rings. The number of carbonyl (C=O) groups excluding carboxylic acids is 1. The monoisotopic (exact) mass is 481 g/mol. The van der Waals surface area contributed by atoms with E-state index < -0.39 is 0 Å². The summed E-state index contributed by atoms with van der Waals surface area (Å²) in [6.07, 6.45) is 5.30. The number of rotatable bonds is 12. The molecule has 1 fully saturated rings. The summed E-state index contributed by atoms with van der Waals surface area (Å²) in [4.78, 5) is 30.1. The van der Waals surface area contributed by atoms with Crippen LogP contribution < -0.4 is 25.2 Å². The van der Waals surface area contributed by atoms with Crippen molar-refractivity contribution in [1.29, 1.82) is 0 Å². The number of nitrogens with zero attached hydrogens (tertiary/aromatic N) is 4. The Morgan fingerprint density at radius 3 is 2.34 bits per heavy atom. The molecule has 2 heterocycles. The van der Waals surface area contributed by atoms with Crippen LogP contribution in [0.15, 0.2) is 41.5 Å². The van der Waals surface area contributed by atoms with Crippen molar-refractivity contribution in [3.05, 3.63) is 52.7 Å². The Morgan fingerprint density at radius 2 is 1.77 bits per heavy atom. The van der Waals surface area contributed by atoms with E-state index in [1.165, 1.54) is 4.68 Å². The second-order valence-corrected chi connectivity index (χ2v) is 8.03. The van der Waals surface area contributed by atoms with Crippen LogP contribution in [-0.4, -0.2) is 51.6 Å². The van der Waals surface area contributed by atoms with Crippen LogP contribution in [0.25, 0.3) is 11.4 Å². The lowest BCUT2D eigenvalue weighted by Gasteiger charge is -2.17. The van der Waals surface area contributed by atoms with Crippen LogP contribution in [0.3, 0.4) is 0 Å². The van der Waals surface area contributed by atoms with Gasteiger partial charge in [-0.3, -0.25) is 14.3 Å². The van der Waals surface area contributed by atoms with E-state index in [2.05, 4.69) is 15.4 Å². The Kier molecular flexibility index (Phi) is 7.69. The smallest absolute Gasteiger partial charge is 0.346 e. The van der Waals surface area contributed by atoms with E-state index in [1.807, 2.05) is 32.9 Å². The number of hydrogen-bond donors (Lipinski definition) is 1. The van der Waals surface area contributed by atoms with Crippen LogP contribution in [0, 0.1) is 0 Å². The van der Waals surface area contributed by atoms with Crippen molar-refractivity contribution in [1.82, 2.24) is 24.6 Å². The zero-order valence-electron chi connectivity index (χ0n) is 20.3. The average molecular weight is 482 g/mol. The van der Waals surface area contributed by atoms with Crippen molar-refractivity contribution in [2.75, 3.05) is 26.4 Å². The predicted molar refractivity (Wildman–Crippen MR) is 130 cm³/mol. The van der Waals surface area contributed by atoms with Gasteiger partial charge in [0.15, 0.2) is 17.3 Å². The fraction of sp³-hybridized carbons (Fsp3) is 0.440. The van der Waals surface area contributed by atoms with Gasteiger partial charge in [0.25, 0.3) is 5.91 Å². The summed E-state index contributed by atoms with van der Waals surface area (Å²) in [5, 5.41) is 7.41. The van der Waals surface area contributed by atoms with E-state index in [0.717, 1.165) is 18.4 Å². The topological polar surface area (TPSA) is 110 Å². The minimum atomic E-state index is -0.308. The molecule has 35 heavy (non-hydrogen) atoms. The molecule has 0 spiro atoms. The molecule has 4 rings (SSSR count). The number of amides is 1. The molecule has 0 saturated heterocycles. The third-order valence-corrected chi connectivity index (χ3v) is 5.48. The highest BCUT2D eigenvalue weighted by Crippen LogP contribution is 2.39. The van der Waals surface area contributed by atoms with Crippen LogP contribution in [0.2, 0.25) is 0 Å². The summed E-state index contributed by atoms with van der Waals surface area (Å²) in [5.41, 5.74) is 0.992. The minimum Gasteiger partial charge on any atom is -0.490 e. The van der Waals surface area contributed by atoms with Crippen LogP contribution in [-0.2, 0) is 6.54 Å². The Morgan fingerprint density at radius 1 is 1.09 bits per heavy atom. The maximum absolute atomic E-state index is 13.0. The van der Waals surface area contributed by atoms with Gasteiger partial charge < -0.3 is 19.5 Å². The molecular formula is C25H31N5O5. The normalized spacial score (nSPS) is 12.9. The first-order valence-corrected chi connectivity index (χ1v) is 12.0. The summed E-state index contributed by atoms with van der Waals surface area (Å²) < 4.78 is 20.2. The molecule has 1 N–H and O–H groups in total. The van der Waals surface area contributed by atoms with E-state index in [4.69, 9.17) is 14.2 Å². The number of ether oxygens (including phenoxy) is 3. The lowest BCUT2D eigenvalue weighted by atomic mass is 10.1. The van der Waals surface area contributed by atoms with Crippen LogP contribution in [0.1, 0.15) is 50.0 Å². The third-order valence-electron chi connectivity index (χ3n) is 5.48. The van der Waals surface area contributed by atoms with Gasteiger partial charge in [0, 0.05) is 36.1 Å². The van der Waals surface area contributed by atoms with Crippen molar-refractivity contribution in [2.24, 2.45) is 0 Å². The van der Waals surface area contributed by atoms with Crippen LogP contribution >= 0.6 is 0 Å². The fourth-order valence-electron chi connectivity index (χ4n) is 3.82. The number of pyridine rings is 1. The molecular weight excluding hydrogens is 450 g/mol. The highest BCUT2D eigenvalue weighted by Gasteiger charge is 2.30. The van der Waals surface area contributed by atoms with Gasteiger partial charge in [-0.2, -0.15) is 0 Å². The summed E-state index contributed by atoms with van der Waals surface area (Å²) in [7, 11) is 0. The van der Waals surface area contributed by atoms with Gasteiger partial charge in [0.2, 0.25) is 5.75 Å². The molecule has 186 valence electrons. The van der Waals surface area contributed by atoms with E-state index in [1.54, 1.807) is 29.1 Å². The van der Waals surface area contributed by atoms with E-state index in [9.17, 15) is 9.59 Å². The molecule has 1 aliphatic carbocycles. The predicted octanol–water partition coefficient (Wildman–Crippen LogP) is 3.07. The van der Waals surface area contributed by atoms with E-state index in [0.29, 0.717) is 48.5 Å². The van der Waals surface area contributed by atoms with Gasteiger partial charge in [-0.1, -0.05) is 0 Å². The molecule has 0 atom stereocenters. The molecule has 1 aromatic carbocycles. The van der Waals surface area contributed by atoms with Gasteiger partial charge in [0.05, 0.1) is 26.4 Å². The zero-order chi connectivity index (χ0) is 24.8. The minimum absolute atomic E-state index is 0.166. The standard InChI is InChI=1S/C25H31N5O5/c1-4-33-20-14-18(15-21(34-5-2)22(20)35-6-3)24(31)27-12-13-29-25(32)30(19-9-10-19)23(28-29)17-8-7-11-26-16-17/h7-8,11,14-16,19H,4-6,9-10,12-13H2,1-3H3,(H,27,31). The number of carbonyl (C=O) groups is 1. The number of aromatic nitrogens is 4. The van der Waals surface area contributed by atoms with Gasteiger partial charge in [-0.05, 0) is 57.9 Å². The summed E-state index contributed by atoms with van der Waals surface area (Å²) >= 11 is 0. The van der Waals surface area contributed by atoms with Crippen molar-refractivity contribution >= 4 is 5.91 Å². The molecule has 0 bridgehead atoms. The first kappa shape index (κ1) is 24.3. The number of benzene rings is 1. The highest BCUT2D eigenvalue weighted by atomic mass is 16.5. The summed E-state index contributed by atoms with van der Waals surface area (Å²) in [5.74, 6) is 1.67. The van der Waals surface area contributed by atoms with Gasteiger partial charge in [-0.15, -0.1) is 5.10 Å². The van der Waals surface area contributed by atoms with Crippen molar-refractivity contribution in [3.8, 4) is 28.6 Å². The highest BCUT2D eigenvalue weighted by molar-refractivity contribution is 5.95. The molecule has 0 aliphatic heterocycles. The summed E-state index contributed by atoms with van der Waals surface area (Å²) in [6.45, 7) is 7.35. The first-order chi connectivity index (χ1) is 17.1. The van der Waals surface area contributed by atoms with Crippen molar-refractivity contribution in [2.45, 2.75) is 46.2 Å². The molecule has 10 heteroatoms. The molecule has 2 aromatic heterocycles. The molecule has 10 nitrogen and oxygen atoms in total. The zero-order valence-corrected chi connectivity index (χ0v) is 20.3. The Bertz CT molecular complexity index is 1190. The van der Waals surface area contributed by atoms with Crippen molar-refractivity contribution in [3.63, 3.8) is 0 Å². The Labute approximate surface area is 203 Å². The Balaban J connectivity index is 1.50. The number of nitrogens with one attached hydrogen (secondary N) is 1. The van der Waals surface area contributed by atoms with Crippen LogP contribution in [0.5, 0.6) is 17.2 Å². The lowest BCUT2D eigenvalue weighted by Crippen LogP contribution is -2.32. The SMILES string of the molecule is CCOc1cc(C(=O)NCCn2nc(-c3cccnc3)n(C3CC3)c2=O)cc(OCC)c1OCC. The molecule has 0 radical (unpaired) electrons. The number of hydrogen-bond acceptors (Lipinski definition) is 7. The van der Waals surface area contributed by atoms with E-state index in [-0.39, 0.29) is 30.7 Å². The van der Waals surface area contributed by atoms with Crippen LogP contribution in [0.4, 0.5) is 0 Å². The first-order valence-electron chi connectivity index (χ1n) is 12.0. The van der Waals surface area contributed by atoms with E-state index >= 15 is 0 Å². The maximum atomic E-state index is 13.0. The third kappa shape index (κ3) is 5.47. The van der Waals surface area contributed by atoms with Gasteiger partial charge in [-0.25, -0.2) is 9.48 Å². The lowest BCUT2D eigenvalue weighted by molar-refractivity contribution is 0.0950. The molecule has 0 unspecified atom stereocenters. The van der Waals surface area contributed by atoms with Crippen molar-refractivity contribution < 1.29 is 19.0 Å². The van der Waals surface area contributed by atoms with Gasteiger partial charge >= 0.3 is 5.69 Å². The second kappa shape index (κ2) is 11.1. The summed E-state index contributed by atoms with van der Waals surface area (Å²) in [6, 6.07) is 7.15. The largest absolute Gasteiger partial charge is 0.490 e. The van der Waals surface area contributed by atoms with Gasteiger partial charge in [0.1, 0.15) is 0 Å². The average Bonchev–Trinajstić information content (AvgIpc) is 3.65. The molecule has 1 amide bonds. The molecule has 1 aliphatic rings. The molecule has 1 saturated carbocycles.